The van der Waals surface area contributed by atoms with Gasteiger partial charge in [-0.15, -0.1) is 0 Å². The molecule has 3 N–H and O–H groups in total. The summed E-state index contributed by atoms with van der Waals surface area (Å²) < 4.78 is 5.01. The molecule has 0 saturated carbocycles. The van der Waals surface area contributed by atoms with Crippen molar-refractivity contribution in [3.8, 4) is 11.1 Å². The monoisotopic (exact) mass is 405 g/mol. The van der Waals surface area contributed by atoms with E-state index >= 15 is 0 Å². The van der Waals surface area contributed by atoms with E-state index in [4.69, 9.17) is 10.5 Å². The molecule has 0 radical (unpaired) electrons. The second-order valence-electron chi connectivity index (χ2n) is 6.68. The number of nitrogens with zero attached hydrogens (tertiary/aromatic N) is 3. The van der Waals surface area contributed by atoms with E-state index in [0.717, 1.165) is 11.1 Å². The molecule has 30 heavy (non-hydrogen) atoms. The number of likely N-dealkylation sites (N-methyl/N-ethyl adjacent to an activating group) is 1. The minimum absolute atomic E-state index is 0.0835. The Morgan fingerprint density at radius 2 is 1.80 bits per heavy atom. The van der Waals surface area contributed by atoms with Gasteiger partial charge in [-0.05, 0) is 29.8 Å². The number of aromatic nitrogens is 2. The topological polar surface area (TPSA) is 110 Å². The maximum atomic E-state index is 12.6. The number of ether oxygens (including phenoxy) is 1. The van der Waals surface area contributed by atoms with Crippen molar-refractivity contribution < 1.29 is 14.3 Å². The molecule has 3 rings (SSSR count). The highest BCUT2D eigenvalue weighted by atomic mass is 16.5. The third-order valence-electron chi connectivity index (χ3n) is 4.54. The molecule has 1 aromatic carbocycles. The standard InChI is InChI=1S/C22H23N5O3/c1-27(9-10-30-2)22(29)16-5-3-15(4-6-16)17-11-18(13-25-12-17)21(28)26-20-7-8-24-14-19(20)23/h3-8,11-14H,9-10,23H2,1-2H3,(H,24,26,28). The number of nitrogens with one attached hydrogen (secondary N) is 1. The summed E-state index contributed by atoms with van der Waals surface area (Å²) in [5.41, 5.74) is 9.26. The average molecular weight is 405 g/mol. The van der Waals surface area contributed by atoms with Crippen molar-refractivity contribution in [3.05, 3.63) is 72.3 Å². The van der Waals surface area contributed by atoms with Gasteiger partial charge in [-0.3, -0.25) is 19.6 Å². The molecular formula is C22H23N5O3. The van der Waals surface area contributed by atoms with Crippen LogP contribution in [-0.4, -0.2) is 54.0 Å². The van der Waals surface area contributed by atoms with Crippen LogP contribution in [0.15, 0.2) is 61.2 Å². The molecule has 154 valence electrons. The van der Waals surface area contributed by atoms with Crippen LogP contribution in [0.1, 0.15) is 20.7 Å². The Kier molecular flexibility index (Phi) is 6.71. The van der Waals surface area contributed by atoms with Crippen molar-refractivity contribution in [2.24, 2.45) is 0 Å². The molecule has 0 saturated heterocycles. The molecule has 0 spiro atoms. The van der Waals surface area contributed by atoms with Gasteiger partial charge in [-0.2, -0.15) is 0 Å². The first kappa shape index (κ1) is 20.9. The minimum Gasteiger partial charge on any atom is -0.396 e. The van der Waals surface area contributed by atoms with Gasteiger partial charge < -0.3 is 20.7 Å². The number of hydrogen-bond acceptors (Lipinski definition) is 6. The van der Waals surface area contributed by atoms with Crippen LogP contribution < -0.4 is 11.1 Å². The quantitative estimate of drug-likeness (QED) is 0.625. The lowest BCUT2D eigenvalue weighted by atomic mass is 10.0. The molecule has 0 aliphatic heterocycles. The Labute approximate surface area is 174 Å². The lowest BCUT2D eigenvalue weighted by Gasteiger charge is -2.16. The van der Waals surface area contributed by atoms with Gasteiger partial charge in [0.05, 0.1) is 29.7 Å². The zero-order valence-corrected chi connectivity index (χ0v) is 16.8. The SMILES string of the molecule is COCCN(C)C(=O)c1ccc(-c2cncc(C(=O)Nc3ccncc3N)c2)cc1. The molecule has 3 aromatic rings. The first-order valence-electron chi connectivity index (χ1n) is 9.30. The van der Waals surface area contributed by atoms with Crippen LogP contribution in [-0.2, 0) is 4.74 Å². The summed E-state index contributed by atoms with van der Waals surface area (Å²) in [5, 5.41) is 2.75. The highest BCUT2D eigenvalue weighted by Gasteiger charge is 2.13. The maximum Gasteiger partial charge on any atom is 0.257 e. The lowest BCUT2D eigenvalue weighted by Crippen LogP contribution is -2.29. The summed E-state index contributed by atoms with van der Waals surface area (Å²) >= 11 is 0. The molecule has 0 fully saturated rings. The second-order valence-corrected chi connectivity index (χ2v) is 6.68. The normalized spacial score (nSPS) is 10.5. The minimum atomic E-state index is -0.325. The number of amides is 2. The summed E-state index contributed by atoms with van der Waals surface area (Å²) in [7, 11) is 3.33. The van der Waals surface area contributed by atoms with Gasteiger partial charge in [0.15, 0.2) is 0 Å². The number of nitrogens with two attached hydrogens (primary N) is 1. The Hall–Kier alpha value is -3.78. The number of benzene rings is 1. The van der Waals surface area contributed by atoms with Crippen molar-refractivity contribution in [3.63, 3.8) is 0 Å². The summed E-state index contributed by atoms with van der Waals surface area (Å²) in [6.07, 6.45) is 6.17. The third kappa shape index (κ3) is 4.98. The van der Waals surface area contributed by atoms with Gasteiger partial charge >= 0.3 is 0 Å². The smallest absolute Gasteiger partial charge is 0.257 e. The van der Waals surface area contributed by atoms with E-state index in [9.17, 15) is 9.59 Å². The molecule has 2 aromatic heterocycles. The van der Waals surface area contributed by atoms with Gasteiger partial charge in [-0.1, -0.05) is 12.1 Å². The predicted molar refractivity (Wildman–Crippen MR) is 115 cm³/mol. The van der Waals surface area contributed by atoms with Crippen molar-refractivity contribution in [2.75, 3.05) is 38.4 Å². The molecule has 2 heterocycles. The summed E-state index contributed by atoms with van der Waals surface area (Å²) in [6, 6.07) is 10.5. The van der Waals surface area contributed by atoms with E-state index < -0.39 is 0 Å². The van der Waals surface area contributed by atoms with Crippen LogP contribution in [0, 0.1) is 0 Å². The number of pyridine rings is 2. The van der Waals surface area contributed by atoms with Crippen molar-refractivity contribution in [1.29, 1.82) is 0 Å². The molecule has 0 atom stereocenters. The summed E-state index contributed by atoms with van der Waals surface area (Å²) in [6.45, 7) is 0.992. The molecule has 8 nitrogen and oxygen atoms in total. The van der Waals surface area contributed by atoms with E-state index in [1.165, 1.54) is 12.4 Å². The summed E-state index contributed by atoms with van der Waals surface area (Å²) in [5.74, 6) is -0.409. The van der Waals surface area contributed by atoms with E-state index in [1.54, 1.807) is 55.7 Å². The highest BCUT2D eigenvalue weighted by Crippen LogP contribution is 2.22. The molecule has 0 aliphatic carbocycles. The van der Waals surface area contributed by atoms with E-state index in [2.05, 4.69) is 15.3 Å². The molecule has 0 bridgehead atoms. The van der Waals surface area contributed by atoms with Crippen LogP contribution in [0.4, 0.5) is 11.4 Å². The molecule has 2 amide bonds. The van der Waals surface area contributed by atoms with Crippen LogP contribution in [0.2, 0.25) is 0 Å². The fourth-order valence-electron chi connectivity index (χ4n) is 2.79. The highest BCUT2D eigenvalue weighted by molar-refractivity contribution is 6.06. The first-order chi connectivity index (χ1) is 14.5. The van der Waals surface area contributed by atoms with Gasteiger partial charge in [0.25, 0.3) is 11.8 Å². The van der Waals surface area contributed by atoms with Crippen LogP contribution >= 0.6 is 0 Å². The van der Waals surface area contributed by atoms with Crippen molar-refractivity contribution in [1.82, 2.24) is 14.9 Å². The molecule has 8 heteroatoms. The van der Waals surface area contributed by atoms with Crippen LogP contribution in [0.3, 0.4) is 0 Å². The lowest BCUT2D eigenvalue weighted by molar-refractivity contribution is 0.0744. The van der Waals surface area contributed by atoms with E-state index in [-0.39, 0.29) is 11.8 Å². The molecule has 0 aliphatic rings. The number of carbonyl (C=O) groups excluding carboxylic acids is 2. The zero-order valence-electron chi connectivity index (χ0n) is 16.8. The van der Waals surface area contributed by atoms with Gasteiger partial charge in [-0.25, -0.2) is 0 Å². The first-order valence-corrected chi connectivity index (χ1v) is 9.30. The van der Waals surface area contributed by atoms with Crippen LogP contribution in [0.5, 0.6) is 0 Å². The Balaban J connectivity index is 1.75. The fourth-order valence-corrected chi connectivity index (χ4v) is 2.79. The Bertz CT molecular complexity index is 1040. The molecular weight excluding hydrogens is 382 g/mol. The van der Waals surface area contributed by atoms with E-state index in [1.807, 2.05) is 12.1 Å². The van der Waals surface area contributed by atoms with Crippen molar-refractivity contribution >= 4 is 23.2 Å². The number of nitrogen functional groups attached to an aromatic ring is 1. The second kappa shape index (κ2) is 9.62. The number of carbonyl (C=O) groups is 2. The van der Waals surface area contributed by atoms with E-state index in [0.29, 0.717) is 35.7 Å². The molecule has 0 unspecified atom stereocenters. The predicted octanol–water partition coefficient (Wildman–Crippen LogP) is 2.70. The van der Waals surface area contributed by atoms with Gasteiger partial charge in [0.2, 0.25) is 0 Å². The Morgan fingerprint density at radius 3 is 2.50 bits per heavy atom. The zero-order chi connectivity index (χ0) is 21.5. The van der Waals surface area contributed by atoms with Crippen LogP contribution in [0.25, 0.3) is 11.1 Å². The summed E-state index contributed by atoms with van der Waals surface area (Å²) in [4.78, 5) is 34.7. The number of methoxy groups -OCH3 is 1. The van der Waals surface area contributed by atoms with Gasteiger partial charge in [0, 0.05) is 50.4 Å². The fraction of sp³-hybridized carbons (Fsp3) is 0.182. The maximum absolute atomic E-state index is 12.6. The van der Waals surface area contributed by atoms with Crippen molar-refractivity contribution in [2.45, 2.75) is 0 Å². The third-order valence-corrected chi connectivity index (χ3v) is 4.54. The largest absolute Gasteiger partial charge is 0.396 e. The Morgan fingerprint density at radius 1 is 1.03 bits per heavy atom. The number of hydrogen-bond donors (Lipinski definition) is 2. The van der Waals surface area contributed by atoms with Gasteiger partial charge in [0.1, 0.15) is 0 Å². The number of anilines is 2. The number of rotatable bonds is 7. The average Bonchev–Trinajstić information content (AvgIpc) is 2.78.